The number of aromatic nitrogens is 2. The maximum absolute atomic E-state index is 16.2. The van der Waals surface area contributed by atoms with E-state index >= 15 is 4.39 Å². The molecule has 2 N–H and O–H groups in total. The van der Waals surface area contributed by atoms with Gasteiger partial charge in [-0.3, -0.25) is 14.3 Å². The summed E-state index contributed by atoms with van der Waals surface area (Å²) >= 11 is 1.54. The summed E-state index contributed by atoms with van der Waals surface area (Å²) < 4.78 is 26.4. The minimum Gasteiger partial charge on any atom is -0.494 e. The number of ether oxygens (including phenoxy) is 1. The van der Waals surface area contributed by atoms with Crippen LogP contribution in [-0.2, 0) is 18.4 Å². The zero-order chi connectivity index (χ0) is 24.6. The fourth-order valence-electron chi connectivity index (χ4n) is 4.37. The number of aromatic amines is 1. The highest BCUT2D eigenvalue weighted by Crippen LogP contribution is 2.44. The average Bonchev–Trinajstić information content (AvgIpc) is 2.78. The second-order valence-corrected chi connectivity index (χ2v) is 9.94. The van der Waals surface area contributed by atoms with Gasteiger partial charge in [0.1, 0.15) is 11.4 Å². The van der Waals surface area contributed by atoms with E-state index in [1.54, 1.807) is 6.07 Å². The van der Waals surface area contributed by atoms with Crippen molar-refractivity contribution < 1.29 is 9.13 Å². The number of H-pyrrole nitrogens is 1. The Balaban J connectivity index is 1.89. The summed E-state index contributed by atoms with van der Waals surface area (Å²) in [5, 5.41) is 0. The Labute approximate surface area is 202 Å². The molecule has 0 spiro atoms. The summed E-state index contributed by atoms with van der Waals surface area (Å²) in [6, 6.07) is 9.05. The lowest BCUT2D eigenvalue weighted by molar-refractivity contribution is 0.392. The fraction of sp³-hybridized carbons (Fsp3) is 0.360. The lowest BCUT2D eigenvalue weighted by atomic mass is 9.85. The molecule has 0 fully saturated rings. The monoisotopic (exact) mass is 484 g/mol. The normalized spacial score (nSPS) is 13.5. The van der Waals surface area contributed by atoms with Crippen LogP contribution in [0.3, 0.4) is 0 Å². The number of rotatable bonds is 5. The first kappa shape index (κ1) is 23.9. The summed E-state index contributed by atoms with van der Waals surface area (Å²) in [5.41, 5.74) is 2.92. The van der Waals surface area contributed by atoms with Crippen molar-refractivity contribution in [2.24, 2.45) is 0 Å². The van der Waals surface area contributed by atoms with Crippen LogP contribution in [0.5, 0.6) is 5.75 Å². The van der Waals surface area contributed by atoms with Gasteiger partial charge in [-0.15, -0.1) is 0 Å². The third-order valence-electron chi connectivity index (χ3n) is 6.02. The zero-order valence-electron chi connectivity index (χ0n) is 20.0. The van der Waals surface area contributed by atoms with Crippen LogP contribution in [0.15, 0.2) is 46.1 Å². The second kappa shape index (κ2) is 9.21. The molecule has 0 bridgehead atoms. The molecule has 0 saturated heterocycles. The number of hydrogen-bond donors (Lipinski definition) is 2. The van der Waals surface area contributed by atoms with Crippen LogP contribution >= 0.6 is 11.9 Å². The molecule has 7 nitrogen and oxygen atoms in total. The van der Waals surface area contributed by atoms with E-state index in [2.05, 4.69) is 21.8 Å². The lowest BCUT2D eigenvalue weighted by Gasteiger charge is -2.35. The van der Waals surface area contributed by atoms with Gasteiger partial charge in [0.25, 0.3) is 5.56 Å². The smallest absolute Gasteiger partial charge is 0.333 e. The molecular formula is C25H29FN4O3S. The van der Waals surface area contributed by atoms with Gasteiger partial charge in [-0.25, -0.2) is 9.18 Å². The van der Waals surface area contributed by atoms with Crippen molar-refractivity contribution in [3.63, 3.8) is 0 Å². The maximum Gasteiger partial charge on any atom is 0.333 e. The van der Waals surface area contributed by atoms with Crippen molar-refractivity contribution in [2.75, 3.05) is 29.5 Å². The SMILES string of the molecule is COc1c(C(C)(C)C)cc(-n2ccc(=O)[nH]c2=O)c(F)c1N1CCc2cc(NSC)ccc2C1. The largest absolute Gasteiger partial charge is 0.494 e. The molecule has 0 unspecified atom stereocenters. The van der Waals surface area contributed by atoms with E-state index in [1.807, 2.05) is 38.0 Å². The van der Waals surface area contributed by atoms with Crippen LogP contribution in [0.25, 0.3) is 5.69 Å². The second-order valence-electron chi connectivity index (χ2n) is 9.33. The molecule has 1 aliphatic heterocycles. The number of anilines is 2. The van der Waals surface area contributed by atoms with Crippen LogP contribution in [0.2, 0.25) is 0 Å². The predicted octanol–water partition coefficient (Wildman–Crippen LogP) is 4.22. The molecule has 2 heterocycles. The van der Waals surface area contributed by atoms with Crippen LogP contribution in [-0.4, -0.2) is 29.5 Å². The molecule has 34 heavy (non-hydrogen) atoms. The molecule has 0 aliphatic carbocycles. The molecule has 0 radical (unpaired) electrons. The Morgan fingerprint density at radius 1 is 1.15 bits per heavy atom. The number of halogens is 1. The first-order chi connectivity index (χ1) is 16.1. The van der Waals surface area contributed by atoms with Crippen LogP contribution < -0.4 is 25.6 Å². The van der Waals surface area contributed by atoms with Crippen molar-refractivity contribution in [1.29, 1.82) is 0 Å². The Kier molecular flexibility index (Phi) is 6.49. The molecule has 0 saturated carbocycles. The molecule has 0 atom stereocenters. The summed E-state index contributed by atoms with van der Waals surface area (Å²) in [6.07, 6.45) is 4.02. The minimum absolute atomic E-state index is 0.0762. The molecule has 4 rings (SSSR count). The third kappa shape index (κ3) is 4.44. The van der Waals surface area contributed by atoms with Crippen molar-refractivity contribution in [2.45, 2.75) is 39.2 Å². The van der Waals surface area contributed by atoms with Crippen LogP contribution in [0.4, 0.5) is 15.8 Å². The van der Waals surface area contributed by atoms with Gasteiger partial charge in [0.05, 0.1) is 12.8 Å². The summed E-state index contributed by atoms with van der Waals surface area (Å²) in [7, 11) is 1.54. The van der Waals surface area contributed by atoms with E-state index in [4.69, 9.17) is 4.74 Å². The quantitative estimate of drug-likeness (QED) is 0.528. The molecule has 180 valence electrons. The fourth-order valence-corrected chi connectivity index (χ4v) is 4.73. The van der Waals surface area contributed by atoms with Crippen LogP contribution in [0, 0.1) is 5.82 Å². The van der Waals surface area contributed by atoms with E-state index in [1.165, 1.54) is 36.9 Å². The van der Waals surface area contributed by atoms with Crippen molar-refractivity contribution in [3.05, 3.63) is 79.9 Å². The van der Waals surface area contributed by atoms with E-state index in [9.17, 15) is 9.59 Å². The predicted molar refractivity (Wildman–Crippen MR) is 136 cm³/mol. The number of hydrogen-bond acceptors (Lipinski definition) is 6. The third-order valence-corrected chi connectivity index (χ3v) is 6.46. The van der Waals surface area contributed by atoms with Crippen molar-refractivity contribution >= 4 is 23.3 Å². The first-order valence-electron chi connectivity index (χ1n) is 11.0. The lowest BCUT2D eigenvalue weighted by Crippen LogP contribution is -2.33. The standard InChI is InChI=1S/C25H29FN4O3S/c1-25(2,3)18-13-19(30-11-9-20(31)27-24(30)32)21(26)22(23(18)33-4)29-10-8-15-12-17(28-34-5)7-6-16(15)14-29/h6-7,9,11-13,28H,8,10,14H2,1-5H3,(H,27,31,32). The van der Waals surface area contributed by atoms with E-state index in [0.29, 0.717) is 24.5 Å². The topological polar surface area (TPSA) is 79.4 Å². The Hall–Kier alpha value is -3.20. The molecule has 2 aromatic carbocycles. The van der Waals surface area contributed by atoms with Gasteiger partial charge in [-0.05, 0) is 41.2 Å². The highest BCUT2D eigenvalue weighted by atomic mass is 32.2. The number of fused-ring (bicyclic) bond motifs is 1. The summed E-state index contributed by atoms with van der Waals surface area (Å²) in [5.74, 6) is -0.113. The summed E-state index contributed by atoms with van der Waals surface area (Å²) in [6.45, 7) is 7.14. The highest BCUT2D eigenvalue weighted by Gasteiger charge is 2.31. The van der Waals surface area contributed by atoms with Gasteiger partial charge in [0.15, 0.2) is 5.82 Å². The minimum atomic E-state index is -0.694. The van der Waals surface area contributed by atoms with E-state index < -0.39 is 17.1 Å². The van der Waals surface area contributed by atoms with Crippen molar-refractivity contribution in [3.8, 4) is 11.4 Å². The number of nitrogens with zero attached hydrogens (tertiary/aromatic N) is 2. The average molecular weight is 485 g/mol. The Bertz CT molecular complexity index is 1340. The summed E-state index contributed by atoms with van der Waals surface area (Å²) in [4.78, 5) is 28.3. The molecular weight excluding hydrogens is 455 g/mol. The van der Waals surface area contributed by atoms with E-state index in [0.717, 1.165) is 27.8 Å². The zero-order valence-corrected chi connectivity index (χ0v) is 20.8. The van der Waals surface area contributed by atoms with Crippen LogP contribution in [0.1, 0.15) is 37.5 Å². The Morgan fingerprint density at radius 3 is 2.56 bits per heavy atom. The van der Waals surface area contributed by atoms with Gasteiger partial charge < -0.3 is 14.4 Å². The molecule has 0 amide bonds. The van der Waals surface area contributed by atoms with E-state index in [-0.39, 0.29) is 11.1 Å². The number of nitrogens with one attached hydrogen (secondary N) is 2. The van der Waals surface area contributed by atoms with Gasteiger partial charge in [0, 0.05) is 42.9 Å². The molecule has 1 aromatic heterocycles. The number of methoxy groups -OCH3 is 1. The molecule has 9 heteroatoms. The number of benzene rings is 2. The highest BCUT2D eigenvalue weighted by molar-refractivity contribution is 7.99. The van der Waals surface area contributed by atoms with Gasteiger partial charge in [-0.1, -0.05) is 38.8 Å². The first-order valence-corrected chi connectivity index (χ1v) is 12.3. The van der Waals surface area contributed by atoms with Gasteiger partial charge in [0.2, 0.25) is 0 Å². The van der Waals surface area contributed by atoms with Crippen molar-refractivity contribution in [1.82, 2.24) is 9.55 Å². The van der Waals surface area contributed by atoms with Gasteiger partial charge >= 0.3 is 5.69 Å². The maximum atomic E-state index is 16.2. The Morgan fingerprint density at radius 2 is 1.91 bits per heavy atom. The molecule has 3 aromatic rings. The van der Waals surface area contributed by atoms with Gasteiger partial charge in [-0.2, -0.15) is 0 Å². The molecule has 1 aliphatic rings.